The largest absolute Gasteiger partial charge is 0.462 e. The molecule has 0 aliphatic heterocycles. The van der Waals surface area contributed by atoms with Crippen LogP contribution in [0.1, 0.15) is 181 Å². The lowest BCUT2D eigenvalue weighted by atomic mass is 10.0. The minimum absolute atomic E-state index is 0.0956. The predicted molar refractivity (Wildman–Crippen MR) is 197 cm³/mol. The van der Waals surface area contributed by atoms with Crippen molar-refractivity contribution in [1.82, 2.24) is 0 Å². The highest BCUT2D eigenvalue weighted by Gasteiger charge is 2.16. The zero-order valence-corrected chi connectivity index (χ0v) is 30.8. The van der Waals surface area contributed by atoms with Crippen molar-refractivity contribution in [3.63, 3.8) is 0 Å². The Bertz CT molecular complexity index is 787. The molecular formula is C41H74O6. The molecule has 0 aliphatic carbocycles. The van der Waals surface area contributed by atoms with Gasteiger partial charge in [-0.3, -0.25) is 9.59 Å². The van der Waals surface area contributed by atoms with Gasteiger partial charge in [0, 0.05) is 12.8 Å². The summed E-state index contributed by atoms with van der Waals surface area (Å²) in [6, 6.07) is 0. The van der Waals surface area contributed by atoms with Crippen LogP contribution in [-0.4, -0.2) is 47.6 Å². The van der Waals surface area contributed by atoms with E-state index in [1.165, 1.54) is 77.0 Å². The molecule has 0 aromatic carbocycles. The van der Waals surface area contributed by atoms with E-state index in [1.54, 1.807) is 0 Å². The summed E-state index contributed by atoms with van der Waals surface area (Å²) in [5.41, 5.74) is 0. The van der Waals surface area contributed by atoms with Gasteiger partial charge in [-0.1, -0.05) is 173 Å². The van der Waals surface area contributed by atoms with Crippen LogP contribution in [0.3, 0.4) is 0 Å². The second-order valence-electron chi connectivity index (χ2n) is 13.7. The van der Waals surface area contributed by atoms with Gasteiger partial charge in [0.05, 0.1) is 12.7 Å². The molecule has 2 N–H and O–H groups in total. The maximum Gasteiger partial charge on any atom is 0.306 e. The lowest BCUT2D eigenvalue weighted by Crippen LogP contribution is -2.28. The molecule has 0 rings (SSSR count). The maximum absolute atomic E-state index is 12.2. The Kier molecular flexibility index (Phi) is 33.9. The second-order valence-corrected chi connectivity index (χ2v) is 13.7. The summed E-state index contributed by atoms with van der Waals surface area (Å²) in [5, 5.41) is 19.6. The van der Waals surface area contributed by atoms with Crippen LogP contribution in [0.4, 0.5) is 0 Å². The standard InChI is InChI=1S/C41H74O6/c1-4-5-6-7-16-21-26-31-38(43)32-27-22-19-24-29-34-41(45)47-39(35-42)36-46-40(44)33-28-23-18-15-13-11-9-8-10-12-14-17-20-25-30-37(2)3/h5-6,16,21,26,31,37-39,42-43H,4,7-15,17-20,22-25,27-30,32-36H2,1-3H3/b6-5+,21-16+,31-26+/t38?,39-/m0/s1. The molecule has 0 saturated carbocycles. The summed E-state index contributed by atoms with van der Waals surface area (Å²) in [6.07, 6.45) is 38.0. The highest BCUT2D eigenvalue weighted by molar-refractivity contribution is 5.70. The number of unbranched alkanes of at least 4 members (excludes halogenated alkanes) is 17. The number of aliphatic hydroxyl groups is 2. The van der Waals surface area contributed by atoms with E-state index >= 15 is 0 Å². The van der Waals surface area contributed by atoms with Crippen LogP contribution in [-0.2, 0) is 19.1 Å². The van der Waals surface area contributed by atoms with Crippen LogP contribution in [0.5, 0.6) is 0 Å². The highest BCUT2D eigenvalue weighted by Crippen LogP contribution is 2.15. The van der Waals surface area contributed by atoms with Gasteiger partial charge in [0.15, 0.2) is 6.10 Å². The van der Waals surface area contributed by atoms with Crippen LogP contribution in [0.15, 0.2) is 36.5 Å². The van der Waals surface area contributed by atoms with E-state index in [9.17, 15) is 19.8 Å². The number of rotatable bonds is 34. The van der Waals surface area contributed by atoms with Gasteiger partial charge in [0.2, 0.25) is 0 Å². The molecule has 1 unspecified atom stereocenters. The monoisotopic (exact) mass is 663 g/mol. The van der Waals surface area contributed by atoms with Gasteiger partial charge >= 0.3 is 11.9 Å². The molecule has 0 radical (unpaired) electrons. The summed E-state index contributed by atoms with van der Waals surface area (Å²) in [7, 11) is 0. The van der Waals surface area contributed by atoms with Gasteiger partial charge < -0.3 is 19.7 Å². The molecule has 0 aromatic rings. The van der Waals surface area contributed by atoms with Crippen molar-refractivity contribution in [2.24, 2.45) is 5.92 Å². The van der Waals surface area contributed by atoms with E-state index < -0.39 is 12.2 Å². The SMILES string of the molecule is CC/C=C/C/C=C/C=C/C(O)CCCCCCCC(=O)O[C@@H](CO)COC(=O)CCCCCCCCCCCCCCCCC(C)C. The number of allylic oxidation sites excluding steroid dienone is 5. The second kappa shape index (κ2) is 35.4. The van der Waals surface area contributed by atoms with E-state index in [0.29, 0.717) is 6.42 Å². The molecule has 0 bridgehead atoms. The fourth-order valence-corrected chi connectivity index (χ4v) is 5.51. The van der Waals surface area contributed by atoms with Crippen molar-refractivity contribution in [2.45, 2.75) is 193 Å². The third kappa shape index (κ3) is 35.2. The minimum Gasteiger partial charge on any atom is -0.462 e. The van der Waals surface area contributed by atoms with Gasteiger partial charge in [-0.25, -0.2) is 0 Å². The van der Waals surface area contributed by atoms with Crippen molar-refractivity contribution in [3.05, 3.63) is 36.5 Å². The Balaban J connectivity index is 3.63. The fraction of sp³-hybridized carbons (Fsp3) is 0.805. The predicted octanol–water partition coefficient (Wildman–Crippen LogP) is 10.9. The van der Waals surface area contributed by atoms with Crippen LogP contribution in [0.2, 0.25) is 0 Å². The number of carbonyl (C=O) groups is 2. The van der Waals surface area contributed by atoms with Gasteiger partial charge in [0.25, 0.3) is 0 Å². The van der Waals surface area contributed by atoms with Gasteiger partial charge in [-0.05, 0) is 38.0 Å². The molecule has 274 valence electrons. The molecule has 2 atom stereocenters. The number of hydrogen-bond acceptors (Lipinski definition) is 6. The third-order valence-electron chi connectivity index (χ3n) is 8.48. The number of hydrogen-bond donors (Lipinski definition) is 2. The van der Waals surface area contributed by atoms with E-state index in [-0.39, 0.29) is 31.6 Å². The molecule has 6 heteroatoms. The Labute approximate surface area is 289 Å². The van der Waals surface area contributed by atoms with Crippen LogP contribution >= 0.6 is 0 Å². The number of ether oxygens (including phenoxy) is 2. The Morgan fingerprint density at radius 2 is 1.11 bits per heavy atom. The summed E-state index contributed by atoms with van der Waals surface area (Å²) in [4.78, 5) is 24.2. The number of carbonyl (C=O) groups excluding carboxylic acids is 2. The molecule has 0 aliphatic rings. The normalized spacial score (nSPS) is 13.3. The molecule has 0 amide bonds. The van der Waals surface area contributed by atoms with Crippen molar-refractivity contribution < 1.29 is 29.3 Å². The van der Waals surface area contributed by atoms with Crippen LogP contribution < -0.4 is 0 Å². The van der Waals surface area contributed by atoms with Gasteiger partial charge in [0.1, 0.15) is 6.61 Å². The minimum atomic E-state index is -0.807. The third-order valence-corrected chi connectivity index (χ3v) is 8.48. The quantitative estimate of drug-likeness (QED) is 0.0308. The molecule has 47 heavy (non-hydrogen) atoms. The van der Waals surface area contributed by atoms with Crippen LogP contribution in [0, 0.1) is 5.92 Å². The van der Waals surface area contributed by atoms with E-state index in [1.807, 2.05) is 18.2 Å². The van der Waals surface area contributed by atoms with Gasteiger partial charge in [-0.15, -0.1) is 0 Å². The van der Waals surface area contributed by atoms with Crippen molar-refractivity contribution in [3.8, 4) is 0 Å². The average molecular weight is 663 g/mol. The van der Waals surface area contributed by atoms with E-state index in [4.69, 9.17) is 9.47 Å². The van der Waals surface area contributed by atoms with Gasteiger partial charge in [-0.2, -0.15) is 0 Å². The summed E-state index contributed by atoms with van der Waals surface area (Å²) in [6.45, 7) is 6.28. The molecule has 0 heterocycles. The maximum atomic E-state index is 12.2. The molecule has 0 saturated heterocycles. The molecule has 0 aromatic heterocycles. The number of aliphatic hydroxyl groups excluding tert-OH is 2. The average Bonchev–Trinajstić information content (AvgIpc) is 3.05. The summed E-state index contributed by atoms with van der Waals surface area (Å²) in [5.74, 6) is 0.180. The first-order valence-electron chi connectivity index (χ1n) is 19.5. The zero-order chi connectivity index (χ0) is 34.6. The highest BCUT2D eigenvalue weighted by atomic mass is 16.6. The number of esters is 2. The topological polar surface area (TPSA) is 93.1 Å². The van der Waals surface area contributed by atoms with Crippen molar-refractivity contribution in [1.29, 1.82) is 0 Å². The first-order chi connectivity index (χ1) is 22.9. The lowest BCUT2D eigenvalue weighted by molar-refractivity contribution is -0.161. The van der Waals surface area contributed by atoms with E-state index in [0.717, 1.165) is 76.5 Å². The van der Waals surface area contributed by atoms with Crippen molar-refractivity contribution in [2.75, 3.05) is 13.2 Å². The molecular weight excluding hydrogens is 588 g/mol. The molecule has 0 spiro atoms. The molecule has 6 nitrogen and oxygen atoms in total. The smallest absolute Gasteiger partial charge is 0.306 e. The first-order valence-corrected chi connectivity index (χ1v) is 19.5. The molecule has 0 fully saturated rings. The Morgan fingerprint density at radius 3 is 1.62 bits per heavy atom. The lowest BCUT2D eigenvalue weighted by Gasteiger charge is -2.15. The van der Waals surface area contributed by atoms with E-state index in [2.05, 4.69) is 39.0 Å². The van der Waals surface area contributed by atoms with Crippen LogP contribution in [0.25, 0.3) is 0 Å². The van der Waals surface area contributed by atoms with Crippen molar-refractivity contribution >= 4 is 11.9 Å². The zero-order valence-electron chi connectivity index (χ0n) is 30.8. The Morgan fingerprint density at radius 1 is 0.617 bits per heavy atom. The fourth-order valence-electron chi connectivity index (χ4n) is 5.51. The summed E-state index contributed by atoms with van der Waals surface area (Å²) < 4.78 is 10.6. The summed E-state index contributed by atoms with van der Waals surface area (Å²) >= 11 is 0. The first kappa shape index (κ1) is 45.1. The Hall–Kier alpha value is -1.92.